The molecule has 0 saturated carbocycles. The van der Waals surface area contributed by atoms with Crippen LogP contribution in [0.15, 0.2) is 39.4 Å². The highest BCUT2D eigenvalue weighted by molar-refractivity contribution is 14.1. The molecule has 1 aromatic rings. The number of amidine groups is 1. The SMILES string of the molecule is C=C(I)C1(CCCCC)SC(=Nc2cccc(Cl)c2)N2C(=O)[C@H]([C@@H](C)O[Si](C)(C)C(C)(C)C)[C@H]21. The topological polar surface area (TPSA) is 41.9 Å². The van der Waals surface area contributed by atoms with Crippen molar-refractivity contribution in [3.05, 3.63) is 39.4 Å². The van der Waals surface area contributed by atoms with E-state index in [1.807, 2.05) is 29.2 Å². The Morgan fingerprint density at radius 3 is 2.62 bits per heavy atom. The minimum Gasteiger partial charge on any atom is -0.413 e. The van der Waals surface area contributed by atoms with E-state index in [4.69, 9.17) is 21.0 Å². The third-order valence-corrected chi connectivity index (χ3v) is 15.2. The maximum absolute atomic E-state index is 13.6. The number of amides is 1. The number of halogens is 2. The van der Waals surface area contributed by atoms with Crippen LogP contribution in [0.2, 0.25) is 23.2 Å². The lowest BCUT2D eigenvalue weighted by Gasteiger charge is -2.52. The van der Waals surface area contributed by atoms with Crippen LogP contribution in [-0.4, -0.2) is 41.2 Å². The number of carbonyl (C=O) groups is 1. The highest BCUT2D eigenvalue weighted by Gasteiger charge is 2.67. The fourth-order valence-electron chi connectivity index (χ4n) is 4.59. The van der Waals surface area contributed by atoms with Gasteiger partial charge < -0.3 is 4.43 Å². The molecule has 1 aromatic carbocycles. The standard InChI is InChI=1S/C26H38ClIN2O2SSi/c1-9-10-11-15-26(18(3)28)22-21(17(2)32-34(7,8)25(4,5)6)23(31)30(22)24(33-26)29-20-14-12-13-19(27)16-20/h12-14,16-17,21-22H,3,9-11,15H2,1-2,4-8H3/t17-,21-,22+,26?/m1/s1. The van der Waals surface area contributed by atoms with Gasteiger partial charge in [-0.3, -0.25) is 9.69 Å². The first kappa shape index (κ1) is 28.2. The maximum Gasteiger partial charge on any atom is 0.236 e. The zero-order valence-corrected chi connectivity index (χ0v) is 26.2. The number of rotatable bonds is 9. The van der Waals surface area contributed by atoms with Crippen LogP contribution in [0.1, 0.15) is 60.3 Å². The first-order chi connectivity index (χ1) is 15.7. The Morgan fingerprint density at radius 1 is 1.38 bits per heavy atom. The molecule has 0 aliphatic carbocycles. The van der Waals surface area contributed by atoms with Gasteiger partial charge in [0.15, 0.2) is 13.5 Å². The van der Waals surface area contributed by atoms with Gasteiger partial charge in [-0.05, 0) is 72.3 Å². The third-order valence-electron chi connectivity index (χ3n) is 7.53. The van der Waals surface area contributed by atoms with Gasteiger partial charge in [0, 0.05) is 8.60 Å². The minimum atomic E-state index is -2.02. The normalized spacial score (nSPS) is 27.0. The molecular weight excluding hydrogens is 595 g/mol. The van der Waals surface area contributed by atoms with Crippen LogP contribution in [-0.2, 0) is 9.22 Å². The molecule has 0 bridgehead atoms. The third kappa shape index (κ3) is 5.33. The number of fused-ring (bicyclic) bond motifs is 1. The van der Waals surface area contributed by atoms with Crippen molar-refractivity contribution in [1.29, 1.82) is 0 Å². The molecule has 0 radical (unpaired) electrons. The van der Waals surface area contributed by atoms with Gasteiger partial charge in [0.1, 0.15) is 0 Å². The molecule has 188 valence electrons. The number of nitrogens with zero attached hydrogens (tertiary/aromatic N) is 2. The lowest BCUT2D eigenvalue weighted by Crippen LogP contribution is -2.69. The Kier molecular flexibility index (Phi) is 8.76. The number of aliphatic imine (C=N–C) groups is 1. The number of hydrogen-bond acceptors (Lipinski definition) is 4. The molecule has 0 N–H and O–H groups in total. The fourth-order valence-corrected chi connectivity index (χ4v) is 8.63. The van der Waals surface area contributed by atoms with Crippen molar-refractivity contribution >= 4 is 71.0 Å². The Morgan fingerprint density at radius 2 is 2.06 bits per heavy atom. The van der Waals surface area contributed by atoms with Gasteiger partial charge in [-0.25, -0.2) is 4.99 Å². The lowest BCUT2D eigenvalue weighted by molar-refractivity contribution is -0.154. The summed E-state index contributed by atoms with van der Waals surface area (Å²) in [4.78, 5) is 20.4. The average Bonchev–Trinajstić information content (AvgIpc) is 2.97. The van der Waals surface area contributed by atoms with E-state index in [2.05, 4.69) is 76.9 Å². The number of unbranched alkanes of at least 4 members (excludes halogenated alkanes) is 2. The number of carbonyl (C=O) groups excluding carboxylic acids is 1. The Hall–Kier alpha value is -0.353. The monoisotopic (exact) mass is 632 g/mol. The van der Waals surface area contributed by atoms with Gasteiger partial charge >= 0.3 is 0 Å². The van der Waals surface area contributed by atoms with E-state index in [0.29, 0.717) is 5.02 Å². The largest absolute Gasteiger partial charge is 0.413 e. The molecule has 2 heterocycles. The predicted molar refractivity (Wildman–Crippen MR) is 158 cm³/mol. The second kappa shape index (κ2) is 10.6. The zero-order chi connectivity index (χ0) is 25.5. The summed E-state index contributed by atoms with van der Waals surface area (Å²) in [5.41, 5.74) is 0.763. The smallest absolute Gasteiger partial charge is 0.236 e. The molecule has 2 aliphatic rings. The highest BCUT2D eigenvalue weighted by atomic mass is 127. The number of β-lactam (4-membered cyclic amide) rings is 1. The van der Waals surface area contributed by atoms with Crippen molar-refractivity contribution in [3.8, 4) is 0 Å². The van der Waals surface area contributed by atoms with Gasteiger partial charge in [-0.2, -0.15) is 0 Å². The van der Waals surface area contributed by atoms with Crippen LogP contribution in [0.3, 0.4) is 0 Å². The van der Waals surface area contributed by atoms with E-state index in [1.54, 1.807) is 11.8 Å². The molecule has 3 rings (SSSR count). The van der Waals surface area contributed by atoms with Crippen LogP contribution < -0.4 is 0 Å². The second-order valence-electron chi connectivity index (χ2n) is 11.0. The van der Waals surface area contributed by atoms with E-state index in [0.717, 1.165) is 40.1 Å². The summed E-state index contributed by atoms with van der Waals surface area (Å²) in [7, 11) is -2.02. The van der Waals surface area contributed by atoms with Gasteiger partial charge in [-0.15, -0.1) is 0 Å². The van der Waals surface area contributed by atoms with E-state index in [9.17, 15) is 4.79 Å². The molecule has 2 aliphatic heterocycles. The molecule has 2 saturated heterocycles. The van der Waals surface area contributed by atoms with Gasteiger partial charge in [0.25, 0.3) is 0 Å². The molecule has 8 heteroatoms. The maximum atomic E-state index is 13.6. The van der Waals surface area contributed by atoms with Crippen molar-refractivity contribution < 1.29 is 9.22 Å². The first-order valence-corrected chi connectivity index (χ1v) is 17.3. The zero-order valence-electron chi connectivity index (χ0n) is 21.5. The van der Waals surface area contributed by atoms with Crippen molar-refractivity contribution in [2.24, 2.45) is 10.9 Å². The molecular formula is C26H38ClIN2O2SSi. The molecule has 1 amide bonds. The Labute approximate surface area is 229 Å². The van der Waals surface area contributed by atoms with Crippen LogP contribution in [0.5, 0.6) is 0 Å². The number of hydrogen-bond donors (Lipinski definition) is 0. The van der Waals surface area contributed by atoms with E-state index in [1.165, 1.54) is 0 Å². The summed E-state index contributed by atoms with van der Waals surface area (Å²) in [6.45, 7) is 20.0. The number of thioether (sulfide) groups is 1. The van der Waals surface area contributed by atoms with Crippen molar-refractivity contribution in [1.82, 2.24) is 4.90 Å². The van der Waals surface area contributed by atoms with Crippen molar-refractivity contribution in [2.75, 3.05) is 0 Å². The predicted octanol–water partition coefficient (Wildman–Crippen LogP) is 8.58. The van der Waals surface area contributed by atoms with E-state index >= 15 is 0 Å². The summed E-state index contributed by atoms with van der Waals surface area (Å²) >= 11 is 10.3. The molecule has 1 unspecified atom stereocenters. The molecule has 34 heavy (non-hydrogen) atoms. The van der Waals surface area contributed by atoms with Crippen molar-refractivity contribution in [2.45, 2.75) is 95.3 Å². The summed E-state index contributed by atoms with van der Waals surface area (Å²) in [6.07, 6.45) is 4.23. The summed E-state index contributed by atoms with van der Waals surface area (Å²) in [5.74, 6) is -0.0821. The average molecular weight is 633 g/mol. The van der Waals surface area contributed by atoms with Gasteiger partial charge in [0.2, 0.25) is 5.91 Å². The number of benzene rings is 1. The van der Waals surface area contributed by atoms with E-state index < -0.39 is 8.32 Å². The summed E-state index contributed by atoms with van der Waals surface area (Å²) in [6, 6.07) is 7.49. The fraction of sp³-hybridized carbons (Fsp3) is 0.615. The second-order valence-corrected chi connectivity index (χ2v) is 18.8. The van der Waals surface area contributed by atoms with Crippen LogP contribution >= 0.6 is 46.0 Å². The quantitative estimate of drug-likeness (QED) is 0.119. The summed E-state index contributed by atoms with van der Waals surface area (Å²) < 4.78 is 7.56. The Bertz CT molecular complexity index is 980. The minimum absolute atomic E-state index is 0.00367. The Balaban J connectivity index is 2.00. The van der Waals surface area contributed by atoms with Crippen LogP contribution in [0, 0.1) is 5.92 Å². The molecule has 0 spiro atoms. The lowest BCUT2D eigenvalue weighted by atomic mass is 9.74. The van der Waals surface area contributed by atoms with Gasteiger partial charge in [-0.1, -0.05) is 83.0 Å². The van der Waals surface area contributed by atoms with Crippen LogP contribution in [0.4, 0.5) is 5.69 Å². The first-order valence-electron chi connectivity index (χ1n) is 12.1. The van der Waals surface area contributed by atoms with Crippen molar-refractivity contribution in [3.63, 3.8) is 0 Å². The highest BCUT2D eigenvalue weighted by Crippen LogP contribution is 2.59. The summed E-state index contributed by atoms with van der Waals surface area (Å²) in [5, 5.41) is 1.48. The molecule has 0 aromatic heterocycles. The van der Waals surface area contributed by atoms with Crippen LogP contribution in [0.25, 0.3) is 0 Å². The van der Waals surface area contributed by atoms with Gasteiger partial charge in [0.05, 0.1) is 28.5 Å². The molecule has 2 fully saturated rings. The molecule has 4 nitrogen and oxygen atoms in total. The molecule has 4 atom stereocenters. The van der Waals surface area contributed by atoms with E-state index in [-0.39, 0.29) is 33.8 Å².